The van der Waals surface area contributed by atoms with E-state index < -0.39 is 0 Å². The van der Waals surface area contributed by atoms with Crippen molar-refractivity contribution in [3.8, 4) is 0 Å². The Kier molecular flexibility index (Phi) is 4.14. The average Bonchev–Trinajstić information content (AvgIpc) is 2.84. The number of nitrogens with one attached hydrogen (secondary N) is 1. The Bertz CT molecular complexity index is 494. The molecule has 0 unspecified atom stereocenters. The minimum Gasteiger partial charge on any atom is -0.337 e. The first-order valence-corrected chi connectivity index (χ1v) is 8.50. The molecule has 2 aliphatic rings. The third kappa shape index (κ3) is 2.83. The highest BCUT2D eigenvalue weighted by Gasteiger charge is 2.36. The van der Waals surface area contributed by atoms with Crippen molar-refractivity contribution < 1.29 is 4.79 Å². The summed E-state index contributed by atoms with van der Waals surface area (Å²) < 4.78 is 1.99. The van der Waals surface area contributed by atoms with Crippen molar-refractivity contribution in [1.29, 1.82) is 0 Å². The summed E-state index contributed by atoms with van der Waals surface area (Å²) in [6.07, 6.45) is 2.48. The summed E-state index contributed by atoms with van der Waals surface area (Å²) in [5.41, 5.74) is 0.783. The Balaban J connectivity index is 1.79. The van der Waals surface area contributed by atoms with E-state index in [1.807, 2.05) is 23.1 Å². The van der Waals surface area contributed by atoms with Crippen molar-refractivity contribution in [3.05, 3.63) is 31.8 Å². The van der Waals surface area contributed by atoms with Gasteiger partial charge in [-0.05, 0) is 82.0 Å². The topological polar surface area (TPSA) is 32.3 Å². The minimum absolute atomic E-state index is 0.154. The molecule has 1 amide bonds. The van der Waals surface area contributed by atoms with Crippen LogP contribution in [0.1, 0.15) is 23.2 Å². The fourth-order valence-electron chi connectivity index (χ4n) is 3.04. The third-order valence-corrected chi connectivity index (χ3v) is 5.41. The molecule has 5 heteroatoms. The summed E-state index contributed by atoms with van der Waals surface area (Å²) >= 11 is 5.74. The number of rotatable bonds is 1. The molecule has 0 saturated carbocycles. The van der Waals surface area contributed by atoms with E-state index in [0.29, 0.717) is 12.0 Å². The van der Waals surface area contributed by atoms with Crippen molar-refractivity contribution in [1.82, 2.24) is 10.2 Å². The van der Waals surface area contributed by atoms with Gasteiger partial charge < -0.3 is 10.2 Å². The number of carbonyl (C=O) groups excluding carboxylic acids is 1. The molecule has 3 nitrogen and oxygen atoms in total. The number of fused-ring (bicyclic) bond motifs is 1. The predicted molar refractivity (Wildman–Crippen MR) is 87.3 cm³/mol. The van der Waals surface area contributed by atoms with E-state index in [-0.39, 0.29) is 5.91 Å². The van der Waals surface area contributed by atoms with Crippen LogP contribution in [0.4, 0.5) is 0 Å². The number of likely N-dealkylation sites (tertiary alicyclic amines) is 1. The molecule has 0 radical (unpaired) electrons. The lowest BCUT2D eigenvalue weighted by Gasteiger charge is -2.24. The molecule has 0 aromatic heterocycles. The van der Waals surface area contributed by atoms with Crippen LogP contribution in [0.15, 0.2) is 22.7 Å². The molecule has 2 saturated heterocycles. The Morgan fingerprint density at radius 1 is 1.42 bits per heavy atom. The van der Waals surface area contributed by atoms with Gasteiger partial charge in [-0.15, -0.1) is 0 Å². The van der Waals surface area contributed by atoms with Crippen LogP contribution in [-0.2, 0) is 0 Å². The Hall–Kier alpha value is -0.140. The van der Waals surface area contributed by atoms with Gasteiger partial charge in [0.05, 0.1) is 5.56 Å². The molecule has 1 aromatic carbocycles. The second-order valence-electron chi connectivity index (χ2n) is 5.30. The third-order valence-electron chi connectivity index (χ3n) is 4.05. The smallest absolute Gasteiger partial charge is 0.255 e. The van der Waals surface area contributed by atoms with Gasteiger partial charge in [-0.2, -0.15) is 0 Å². The molecule has 102 valence electrons. The predicted octanol–water partition coefficient (Wildman–Crippen LogP) is 2.88. The maximum absolute atomic E-state index is 12.6. The SMILES string of the molecule is O=C(c1cc(I)ccc1Br)N1C[C@@H]2CCCN[C@@H]2C1. The number of piperidine rings is 1. The molecule has 0 spiro atoms. The number of amides is 1. The molecule has 1 aromatic rings. The zero-order valence-electron chi connectivity index (χ0n) is 10.5. The van der Waals surface area contributed by atoms with E-state index in [2.05, 4.69) is 43.8 Å². The van der Waals surface area contributed by atoms with Gasteiger partial charge in [0.1, 0.15) is 0 Å². The molecule has 2 atom stereocenters. The fourth-order valence-corrected chi connectivity index (χ4v) is 3.95. The molecule has 0 aliphatic carbocycles. The van der Waals surface area contributed by atoms with Gasteiger partial charge in [-0.25, -0.2) is 0 Å². The van der Waals surface area contributed by atoms with Gasteiger partial charge in [-0.3, -0.25) is 4.79 Å². The van der Waals surface area contributed by atoms with Gasteiger partial charge in [0.15, 0.2) is 0 Å². The zero-order chi connectivity index (χ0) is 13.4. The van der Waals surface area contributed by atoms with Crippen LogP contribution in [0.2, 0.25) is 0 Å². The molecule has 0 bridgehead atoms. The standard InChI is InChI=1S/C14H16BrIN2O/c15-12-4-3-10(16)6-11(12)14(19)18-7-9-2-1-5-17-13(9)8-18/h3-4,6,9,13,17H,1-2,5,7-8H2/t9-,13+/m0/s1. The van der Waals surface area contributed by atoms with Crippen LogP contribution < -0.4 is 5.32 Å². The first-order valence-electron chi connectivity index (χ1n) is 6.63. The summed E-state index contributed by atoms with van der Waals surface area (Å²) in [7, 11) is 0. The molecule has 19 heavy (non-hydrogen) atoms. The zero-order valence-corrected chi connectivity index (χ0v) is 14.3. The Labute approximate surface area is 135 Å². The summed E-state index contributed by atoms with van der Waals surface area (Å²) in [6.45, 7) is 2.84. The average molecular weight is 435 g/mol. The number of carbonyl (C=O) groups is 1. The van der Waals surface area contributed by atoms with Gasteiger partial charge in [0.25, 0.3) is 5.91 Å². The molecule has 1 N–H and O–H groups in total. The first-order chi connectivity index (χ1) is 9.15. The first kappa shape index (κ1) is 13.8. The Morgan fingerprint density at radius 3 is 3.05 bits per heavy atom. The second-order valence-corrected chi connectivity index (χ2v) is 7.40. The summed E-state index contributed by atoms with van der Waals surface area (Å²) in [4.78, 5) is 14.6. The minimum atomic E-state index is 0.154. The highest BCUT2D eigenvalue weighted by atomic mass is 127. The molecular formula is C14H16BrIN2O. The van der Waals surface area contributed by atoms with Crippen LogP contribution in [0.3, 0.4) is 0 Å². The maximum Gasteiger partial charge on any atom is 0.255 e. The van der Waals surface area contributed by atoms with E-state index in [1.54, 1.807) is 0 Å². The van der Waals surface area contributed by atoms with E-state index in [0.717, 1.165) is 33.2 Å². The summed E-state index contributed by atoms with van der Waals surface area (Å²) in [6, 6.07) is 6.42. The van der Waals surface area contributed by atoms with Crippen LogP contribution in [0.5, 0.6) is 0 Å². The van der Waals surface area contributed by atoms with E-state index in [1.165, 1.54) is 12.8 Å². The Morgan fingerprint density at radius 2 is 2.26 bits per heavy atom. The number of hydrogen-bond acceptors (Lipinski definition) is 2. The van der Waals surface area contributed by atoms with E-state index in [4.69, 9.17) is 0 Å². The fraction of sp³-hybridized carbons (Fsp3) is 0.500. The van der Waals surface area contributed by atoms with Crippen LogP contribution >= 0.6 is 38.5 Å². The largest absolute Gasteiger partial charge is 0.337 e. The maximum atomic E-state index is 12.6. The highest BCUT2D eigenvalue weighted by molar-refractivity contribution is 14.1. The summed E-state index contributed by atoms with van der Waals surface area (Å²) in [5, 5.41) is 3.54. The number of benzene rings is 1. The highest BCUT2D eigenvalue weighted by Crippen LogP contribution is 2.28. The second kappa shape index (κ2) is 5.69. The van der Waals surface area contributed by atoms with Gasteiger partial charge >= 0.3 is 0 Å². The quantitative estimate of drug-likeness (QED) is 0.689. The van der Waals surface area contributed by atoms with Gasteiger partial charge in [0.2, 0.25) is 0 Å². The molecule has 2 aliphatic heterocycles. The van der Waals surface area contributed by atoms with E-state index >= 15 is 0 Å². The van der Waals surface area contributed by atoms with Crippen molar-refractivity contribution in [2.45, 2.75) is 18.9 Å². The van der Waals surface area contributed by atoms with Gasteiger partial charge in [-0.1, -0.05) is 0 Å². The summed E-state index contributed by atoms with van der Waals surface area (Å²) in [5.74, 6) is 0.792. The molecule has 2 fully saturated rings. The number of hydrogen-bond donors (Lipinski definition) is 1. The van der Waals surface area contributed by atoms with Gasteiger partial charge in [0, 0.05) is 27.2 Å². The number of nitrogens with zero attached hydrogens (tertiary/aromatic N) is 1. The van der Waals surface area contributed by atoms with Crippen LogP contribution in [0, 0.1) is 9.49 Å². The number of halogens is 2. The molecular weight excluding hydrogens is 419 g/mol. The van der Waals surface area contributed by atoms with Crippen LogP contribution in [-0.4, -0.2) is 36.5 Å². The van der Waals surface area contributed by atoms with Crippen LogP contribution in [0.25, 0.3) is 0 Å². The lowest BCUT2D eigenvalue weighted by atomic mass is 9.94. The van der Waals surface area contributed by atoms with Crippen molar-refractivity contribution in [2.24, 2.45) is 5.92 Å². The monoisotopic (exact) mass is 434 g/mol. The lowest BCUT2D eigenvalue weighted by Crippen LogP contribution is -2.41. The van der Waals surface area contributed by atoms with Crippen molar-refractivity contribution >= 4 is 44.4 Å². The molecule has 3 rings (SSSR count). The molecule has 2 heterocycles. The lowest BCUT2D eigenvalue weighted by molar-refractivity contribution is 0.0784. The normalized spacial score (nSPS) is 26.3. The van der Waals surface area contributed by atoms with E-state index in [9.17, 15) is 4.79 Å². The van der Waals surface area contributed by atoms with Crippen molar-refractivity contribution in [2.75, 3.05) is 19.6 Å². The van der Waals surface area contributed by atoms with Crippen molar-refractivity contribution in [3.63, 3.8) is 0 Å².